The van der Waals surface area contributed by atoms with E-state index in [0.717, 1.165) is 31.4 Å². The summed E-state index contributed by atoms with van der Waals surface area (Å²) in [5.74, 6) is -0.240. The zero-order valence-electron chi connectivity index (χ0n) is 20.7. The van der Waals surface area contributed by atoms with Crippen molar-refractivity contribution in [3.63, 3.8) is 0 Å². The Morgan fingerprint density at radius 2 is 1.69 bits per heavy atom. The van der Waals surface area contributed by atoms with Gasteiger partial charge in [-0.15, -0.1) is 13.2 Å². The second-order valence-corrected chi connectivity index (χ2v) is 8.53. The average Bonchev–Trinajstić information content (AvgIpc) is 3.54. The van der Waals surface area contributed by atoms with Crippen LogP contribution in [0.5, 0.6) is 11.5 Å². The fourth-order valence-corrected chi connectivity index (χ4v) is 3.60. The van der Waals surface area contributed by atoms with Crippen molar-refractivity contribution >= 4 is 18.1 Å². The van der Waals surface area contributed by atoms with Crippen LogP contribution >= 0.6 is 0 Å². The number of carboxylic acid groups (broad SMARTS) is 1. The van der Waals surface area contributed by atoms with Crippen molar-refractivity contribution in [2.24, 2.45) is 0 Å². The summed E-state index contributed by atoms with van der Waals surface area (Å²) >= 11 is 0. The van der Waals surface area contributed by atoms with Gasteiger partial charge in [-0.2, -0.15) is 15.0 Å². The van der Waals surface area contributed by atoms with E-state index in [1.54, 1.807) is 18.3 Å². The number of alkyl halides is 3. The number of hydrogen-bond acceptors (Lipinski definition) is 7. The number of carbonyl (C=O) groups is 1. The number of aliphatic carboxylic acids is 1. The number of carboxylic acids is 1. The first kappa shape index (κ1) is 27.4. The molecule has 0 saturated carbocycles. The normalized spacial score (nSPS) is 11.7. The summed E-state index contributed by atoms with van der Waals surface area (Å²) in [4.78, 5) is 16.2. The third-order valence-corrected chi connectivity index (χ3v) is 5.42. The minimum atomic E-state index is -4.73. The van der Waals surface area contributed by atoms with Gasteiger partial charge >= 0.3 is 12.3 Å². The summed E-state index contributed by atoms with van der Waals surface area (Å²) in [6.45, 7) is -0.0310. The minimum absolute atomic E-state index is 0.211. The Morgan fingerprint density at radius 3 is 2.41 bits per heavy atom. The highest BCUT2D eigenvalue weighted by Gasteiger charge is 2.30. The quantitative estimate of drug-likeness (QED) is 0.219. The Balaban J connectivity index is 1.17. The largest absolute Gasteiger partial charge is 0.573 e. The molecule has 0 spiro atoms. The van der Waals surface area contributed by atoms with Gasteiger partial charge in [-0.25, -0.2) is 4.98 Å². The van der Waals surface area contributed by atoms with Gasteiger partial charge in [0.25, 0.3) is 0 Å². The number of aryl methyl sites for hydroxylation is 2. The lowest BCUT2D eigenvalue weighted by Gasteiger charge is -2.08. The van der Waals surface area contributed by atoms with E-state index < -0.39 is 12.3 Å². The average molecular weight is 543 g/mol. The molecular weight excluding hydrogens is 517 g/mol. The van der Waals surface area contributed by atoms with E-state index in [2.05, 4.69) is 19.9 Å². The zero-order valence-corrected chi connectivity index (χ0v) is 20.7. The molecule has 0 atom stereocenters. The SMILES string of the molecule is O=C(O)Cn1ncc(CCCCc2ccc(OCc3coc(/C=C/c4ccc(OC(F)(F)F)cc4)n3)cc2)n1. The topological polar surface area (TPSA) is 112 Å². The third-order valence-electron chi connectivity index (χ3n) is 5.42. The lowest BCUT2D eigenvalue weighted by molar-refractivity contribution is -0.274. The first-order valence-electron chi connectivity index (χ1n) is 12.0. The van der Waals surface area contributed by atoms with Crippen molar-refractivity contribution < 1.29 is 37.0 Å². The molecule has 0 saturated heterocycles. The molecule has 12 heteroatoms. The number of rotatable bonds is 13. The molecule has 4 aromatic rings. The molecule has 4 rings (SSSR count). The van der Waals surface area contributed by atoms with E-state index in [1.165, 1.54) is 40.9 Å². The summed E-state index contributed by atoms with van der Waals surface area (Å²) in [6, 6.07) is 13.2. The monoisotopic (exact) mass is 542 g/mol. The standard InChI is InChI=1S/C27H25F3N4O5/c28-27(29,30)39-24-12-7-20(8-13-24)9-14-25-32-22(18-38-25)17-37-23-10-5-19(6-11-23)3-1-2-4-21-15-31-34(33-21)16-26(35)36/h5-15,18H,1-4,16-17H2,(H,35,36)/b14-9+. The fraction of sp³-hybridized carbons (Fsp3) is 0.259. The van der Waals surface area contributed by atoms with Gasteiger partial charge in [-0.1, -0.05) is 24.3 Å². The van der Waals surface area contributed by atoms with Crippen LogP contribution in [0.25, 0.3) is 12.2 Å². The maximum Gasteiger partial charge on any atom is 0.573 e. The number of nitrogens with zero attached hydrogens (tertiary/aromatic N) is 4. The molecule has 2 heterocycles. The van der Waals surface area contributed by atoms with Crippen LogP contribution in [0, 0.1) is 0 Å². The molecule has 0 unspecified atom stereocenters. The van der Waals surface area contributed by atoms with Crippen molar-refractivity contribution in [3.05, 3.63) is 89.4 Å². The Hall–Kier alpha value is -4.61. The van der Waals surface area contributed by atoms with E-state index in [-0.39, 0.29) is 18.9 Å². The Kier molecular flexibility index (Phi) is 8.97. The minimum Gasteiger partial charge on any atom is -0.487 e. The summed E-state index contributed by atoms with van der Waals surface area (Å²) in [6.07, 6.45) is 5.10. The predicted octanol–water partition coefficient (Wildman–Crippen LogP) is 5.56. The number of benzene rings is 2. The molecule has 2 aromatic carbocycles. The lowest BCUT2D eigenvalue weighted by atomic mass is 10.1. The Bertz CT molecular complexity index is 1380. The number of ether oxygens (including phenoxy) is 2. The molecule has 0 aliphatic carbocycles. The summed E-state index contributed by atoms with van der Waals surface area (Å²) < 4.78 is 51.8. The first-order chi connectivity index (χ1) is 18.7. The van der Waals surface area contributed by atoms with E-state index in [9.17, 15) is 18.0 Å². The lowest BCUT2D eigenvalue weighted by Crippen LogP contribution is -2.16. The van der Waals surface area contributed by atoms with Gasteiger partial charge in [0.1, 0.15) is 30.1 Å². The van der Waals surface area contributed by atoms with E-state index in [0.29, 0.717) is 22.9 Å². The number of aromatic nitrogens is 4. The highest BCUT2D eigenvalue weighted by Crippen LogP contribution is 2.23. The zero-order chi connectivity index (χ0) is 27.7. The first-order valence-corrected chi connectivity index (χ1v) is 12.0. The second kappa shape index (κ2) is 12.8. The van der Waals surface area contributed by atoms with Gasteiger partial charge in [-0.05, 0) is 67.2 Å². The number of halogens is 3. The molecule has 9 nitrogen and oxygen atoms in total. The van der Waals surface area contributed by atoms with Crippen LogP contribution in [0.3, 0.4) is 0 Å². The van der Waals surface area contributed by atoms with Crippen molar-refractivity contribution in [3.8, 4) is 11.5 Å². The van der Waals surface area contributed by atoms with Gasteiger partial charge in [0.15, 0.2) is 6.54 Å². The molecule has 0 aliphatic rings. The van der Waals surface area contributed by atoms with Crippen molar-refractivity contribution in [1.29, 1.82) is 0 Å². The molecule has 0 amide bonds. The molecular formula is C27H25F3N4O5. The van der Waals surface area contributed by atoms with E-state index in [4.69, 9.17) is 14.3 Å². The smallest absolute Gasteiger partial charge is 0.487 e. The highest BCUT2D eigenvalue weighted by molar-refractivity contribution is 5.66. The predicted molar refractivity (Wildman–Crippen MR) is 134 cm³/mol. The van der Waals surface area contributed by atoms with E-state index in [1.807, 2.05) is 24.3 Å². The Labute approximate surface area is 221 Å². The molecule has 39 heavy (non-hydrogen) atoms. The van der Waals surface area contributed by atoms with Gasteiger partial charge in [0, 0.05) is 6.08 Å². The van der Waals surface area contributed by atoms with Crippen LogP contribution in [-0.4, -0.2) is 37.4 Å². The van der Waals surface area contributed by atoms with Crippen molar-refractivity contribution in [1.82, 2.24) is 20.0 Å². The van der Waals surface area contributed by atoms with Crippen LogP contribution < -0.4 is 9.47 Å². The number of oxazole rings is 1. The summed E-state index contributed by atoms with van der Waals surface area (Å²) in [5, 5.41) is 16.9. The molecule has 0 aliphatic heterocycles. The molecule has 0 bridgehead atoms. The van der Waals surface area contributed by atoms with Gasteiger partial charge < -0.3 is 19.0 Å². The summed E-state index contributed by atoms with van der Waals surface area (Å²) in [7, 11) is 0. The Morgan fingerprint density at radius 1 is 0.974 bits per heavy atom. The molecule has 0 radical (unpaired) electrons. The van der Waals surface area contributed by atoms with Crippen LogP contribution in [-0.2, 0) is 30.8 Å². The van der Waals surface area contributed by atoms with Crippen molar-refractivity contribution in [2.45, 2.75) is 45.2 Å². The van der Waals surface area contributed by atoms with E-state index >= 15 is 0 Å². The number of hydrogen-bond donors (Lipinski definition) is 1. The third kappa shape index (κ3) is 9.33. The molecule has 0 fully saturated rings. The second-order valence-electron chi connectivity index (χ2n) is 8.53. The van der Waals surface area contributed by atoms with Crippen molar-refractivity contribution in [2.75, 3.05) is 0 Å². The van der Waals surface area contributed by atoms with Gasteiger partial charge in [0.2, 0.25) is 5.89 Å². The maximum atomic E-state index is 12.3. The van der Waals surface area contributed by atoms with Gasteiger partial charge in [0.05, 0.1) is 11.9 Å². The summed E-state index contributed by atoms with van der Waals surface area (Å²) in [5.41, 5.74) is 3.20. The fourth-order valence-electron chi connectivity index (χ4n) is 3.60. The maximum absolute atomic E-state index is 12.3. The van der Waals surface area contributed by atoms with Crippen LogP contribution in [0.4, 0.5) is 13.2 Å². The van der Waals surface area contributed by atoms with Crippen LogP contribution in [0.2, 0.25) is 0 Å². The highest BCUT2D eigenvalue weighted by atomic mass is 19.4. The number of unbranched alkanes of at least 4 members (excludes halogenated alkanes) is 1. The van der Waals surface area contributed by atoms with Crippen LogP contribution in [0.1, 0.15) is 41.2 Å². The molecule has 1 N–H and O–H groups in total. The molecule has 204 valence electrons. The van der Waals surface area contributed by atoms with Crippen LogP contribution in [0.15, 0.2) is 65.4 Å². The molecule has 2 aromatic heterocycles. The van der Waals surface area contributed by atoms with Gasteiger partial charge in [-0.3, -0.25) is 4.79 Å².